The number of fused-ring (bicyclic) bond motifs is 2. The molecule has 0 aromatic heterocycles. The smallest absolute Gasteiger partial charge is 0.250 e. The second kappa shape index (κ2) is 8.44. The lowest BCUT2D eigenvalue weighted by Gasteiger charge is -2.29. The van der Waals surface area contributed by atoms with Gasteiger partial charge < -0.3 is 21.1 Å². The van der Waals surface area contributed by atoms with Crippen molar-refractivity contribution in [3.63, 3.8) is 0 Å². The Morgan fingerprint density at radius 3 is 2.66 bits per heavy atom. The molecule has 8 nitrogen and oxygen atoms in total. The van der Waals surface area contributed by atoms with Gasteiger partial charge in [-0.1, -0.05) is 11.6 Å². The van der Waals surface area contributed by atoms with E-state index in [9.17, 15) is 14.4 Å². The fourth-order valence-corrected chi connectivity index (χ4v) is 4.97. The van der Waals surface area contributed by atoms with Crippen LogP contribution in [0.4, 0.5) is 11.4 Å². The molecule has 9 heteroatoms. The first-order valence-electron chi connectivity index (χ1n) is 10.4. The molecule has 3 atom stereocenters. The van der Waals surface area contributed by atoms with Gasteiger partial charge in [-0.15, -0.1) is 0 Å². The third-order valence-corrected chi connectivity index (χ3v) is 6.43. The van der Waals surface area contributed by atoms with Crippen LogP contribution in [0, 0.1) is 12.8 Å². The molecule has 0 aliphatic carbocycles. The quantitative estimate of drug-likeness (QED) is 0.532. The average Bonchev–Trinajstić information content (AvgIpc) is 3.27. The van der Waals surface area contributed by atoms with Crippen molar-refractivity contribution < 1.29 is 19.1 Å². The van der Waals surface area contributed by atoms with E-state index in [1.54, 1.807) is 43.5 Å². The molecule has 3 amide bonds. The lowest BCUT2D eigenvalue weighted by atomic mass is 9.79. The normalized spacial score (nSPS) is 23.7. The molecule has 32 heavy (non-hydrogen) atoms. The molecule has 2 aliphatic rings. The van der Waals surface area contributed by atoms with Crippen LogP contribution in [0.3, 0.4) is 0 Å². The first-order chi connectivity index (χ1) is 15.2. The fraction of sp³-hybridized carbons (Fsp3) is 0.348. The molecular weight excluding hydrogens is 432 g/mol. The van der Waals surface area contributed by atoms with Crippen molar-refractivity contribution in [1.29, 1.82) is 0 Å². The van der Waals surface area contributed by atoms with Crippen LogP contribution in [0.5, 0.6) is 5.75 Å². The van der Waals surface area contributed by atoms with E-state index in [-0.39, 0.29) is 24.3 Å². The molecule has 0 bridgehead atoms. The standard InChI is InChI=1S/C23H25ClN4O4/c1-12-9-13(24)10-17-20(12)27-22(31)23(17)18(11-15(28-23)5-8-19(25)29)21(30)26-14-3-6-16(32-2)7-4-14/h3-4,6-7,9-10,15,18,28H,5,8,11H2,1-2H3,(H2,25,29)(H,26,30)(H,27,31)/t15-,18+,23-/m1/s1. The summed E-state index contributed by atoms with van der Waals surface area (Å²) in [6.07, 6.45) is 0.947. The lowest BCUT2D eigenvalue weighted by molar-refractivity contribution is -0.130. The maximum Gasteiger partial charge on any atom is 0.250 e. The van der Waals surface area contributed by atoms with E-state index in [4.69, 9.17) is 22.1 Å². The number of carbonyl (C=O) groups is 3. The van der Waals surface area contributed by atoms with E-state index in [0.717, 1.165) is 5.56 Å². The summed E-state index contributed by atoms with van der Waals surface area (Å²) in [6, 6.07) is 10.2. The monoisotopic (exact) mass is 456 g/mol. The highest BCUT2D eigenvalue weighted by Gasteiger charge is 2.60. The van der Waals surface area contributed by atoms with Crippen molar-refractivity contribution >= 4 is 40.7 Å². The minimum absolute atomic E-state index is 0.156. The van der Waals surface area contributed by atoms with E-state index in [1.807, 2.05) is 6.92 Å². The molecule has 1 saturated heterocycles. The van der Waals surface area contributed by atoms with Gasteiger partial charge in [-0.05, 0) is 61.7 Å². The van der Waals surface area contributed by atoms with Crippen LogP contribution in [-0.4, -0.2) is 30.9 Å². The van der Waals surface area contributed by atoms with Crippen LogP contribution in [0.2, 0.25) is 5.02 Å². The number of nitrogens with two attached hydrogens (primary N) is 1. The number of methoxy groups -OCH3 is 1. The van der Waals surface area contributed by atoms with E-state index >= 15 is 0 Å². The molecule has 2 heterocycles. The molecule has 168 valence electrons. The summed E-state index contributed by atoms with van der Waals surface area (Å²) in [4.78, 5) is 38.1. The van der Waals surface area contributed by atoms with E-state index in [0.29, 0.717) is 40.6 Å². The average molecular weight is 457 g/mol. The predicted molar refractivity (Wildman–Crippen MR) is 122 cm³/mol. The summed E-state index contributed by atoms with van der Waals surface area (Å²) in [5.41, 5.74) is 6.74. The summed E-state index contributed by atoms with van der Waals surface area (Å²) in [6.45, 7) is 1.86. The Labute approximate surface area is 190 Å². The summed E-state index contributed by atoms with van der Waals surface area (Å²) in [7, 11) is 1.57. The van der Waals surface area contributed by atoms with Crippen LogP contribution in [0.15, 0.2) is 36.4 Å². The van der Waals surface area contributed by atoms with Crippen LogP contribution in [-0.2, 0) is 19.9 Å². The van der Waals surface area contributed by atoms with Gasteiger partial charge in [0.1, 0.15) is 11.3 Å². The van der Waals surface area contributed by atoms with Gasteiger partial charge in [0, 0.05) is 34.4 Å². The molecule has 0 unspecified atom stereocenters. The Morgan fingerprint density at radius 1 is 1.28 bits per heavy atom. The second-order valence-corrected chi connectivity index (χ2v) is 8.70. The number of aryl methyl sites for hydroxylation is 1. The number of primary amides is 1. The largest absolute Gasteiger partial charge is 0.497 e. The van der Waals surface area contributed by atoms with Gasteiger partial charge in [-0.2, -0.15) is 0 Å². The molecular formula is C23H25ClN4O4. The van der Waals surface area contributed by atoms with Gasteiger partial charge >= 0.3 is 0 Å². The maximum atomic E-state index is 13.5. The van der Waals surface area contributed by atoms with Gasteiger partial charge in [0.2, 0.25) is 17.7 Å². The van der Waals surface area contributed by atoms with E-state index in [1.165, 1.54) is 0 Å². The summed E-state index contributed by atoms with van der Waals surface area (Å²) in [5.74, 6) is -1.09. The number of amides is 3. The molecule has 4 rings (SSSR count). The van der Waals surface area contributed by atoms with E-state index in [2.05, 4.69) is 16.0 Å². The molecule has 2 aromatic rings. The minimum atomic E-state index is -1.29. The van der Waals surface area contributed by atoms with Crippen LogP contribution in [0.25, 0.3) is 0 Å². The maximum absolute atomic E-state index is 13.5. The van der Waals surface area contributed by atoms with Crippen molar-refractivity contribution in [2.45, 2.75) is 37.8 Å². The predicted octanol–water partition coefficient (Wildman–Crippen LogP) is 2.69. The highest BCUT2D eigenvalue weighted by atomic mass is 35.5. The number of nitrogens with one attached hydrogen (secondary N) is 3. The molecule has 2 aromatic carbocycles. The molecule has 2 aliphatic heterocycles. The summed E-state index contributed by atoms with van der Waals surface area (Å²) < 4.78 is 5.16. The number of hydrogen-bond acceptors (Lipinski definition) is 5. The summed E-state index contributed by atoms with van der Waals surface area (Å²) in [5, 5.41) is 9.68. The molecule has 0 radical (unpaired) electrons. The zero-order valence-corrected chi connectivity index (χ0v) is 18.6. The minimum Gasteiger partial charge on any atom is -0.497 e. The number of halogens is 1. The fourth-order valence-electron chi connectivity index (χ4n) is 4.70. The second-order valence-electron chi connectivity index (χ2n) is 8.26. The SMILES string of the molecule is COc1ccc(NC(=O)[C@@H]2C[C@@H](CCC(N)=O)N[C@@]23C(=O)Nc2c(C)cc(Cl)cc23)cc1. The Hall–Kier alpha value is -3.10. The van der Waals surface area contributed by atoms with Crippen LogP contribution < -0.4 is 26.4 Å². The van der Waals surface area contributed by atoms with E-state index < -0.39 is 17.4 Å². The zero-order chi connectivity index (χ0) is 23.0. The third kappa shape index (κ3) is 3.80. The topological polar surface area (TPSA) is 123 Å². The van der Waals surface area contributed by atoms with Crippen molar-refractivity contribution in [2.75, 3.05) is 17.7 Å². The number of rotatable bonds is 6. The highest BCUT2D eigenvalue weighted by Crippen LogP contribution is 2.49. The van der Waals surface area contributed by atoms with Crippen molar-refractivity contribution in [2.24, 2.45) is 11.7 Å². The zero-order valence-electron chi connectivity index (χ0n) is 17.8. The Bertz CT molecular complexity index is 1090. The lowest BCUT2D eigenvalue weighted by Crippen LogP contribution is -2.52. The van der Waals surface area contributed by atoms with Gasteiger partial charge in [-0.3, -0.25) is 19.7 Å². The third-order valence-electron chi connectivity index (χ3n) is 6.21. The summed E-state index contributed by atoms with van der Waals surface area (Å²) >= 11 is 6.32. The highest BCUT2D eigenvalue weighted by molar-refractivity contribution is 6.31. The van der Waals surface area contributed by atoms with Crippen molar-refractivity contribution in [3.8, 4) is 5.75 Å². The number of anilines is 2. The van der Waals surface area contributed by atoms with Crippen molar-refractivity contribution in [1.82, 2.24) is 5.32 Å². The van der Waals surface area contributed by atoms with Gasteiger partial charge in [0.25, 0.3) is 0 Å². The molecule has 1 spiro atoms. The Morgan fingerprint density at radius 2 is 2.00 bits per heavy atom. The number of carbonyl (C=O) groups excluding carboxylic acids is 3. The Balaban J connectivity index is 1.71. The first kappa shape index (κ1) is 22.1. The van der Waals surface area contributed by atoms with Gasteiger partial charge in [-0.25, -0.2) is 0 Å². The molecule has 1 fully saturated rings. The molecule has 0 saturated carbocycles. The number of benzene rings is 2. The first-order valence-corrected chi connectivity index (χ1v) is 10.8. The van der Waals surface area contributed by atoms with Crippen LogP contribution >= 0.6 is 11.6 Å². The molecule has 5 N–H and O–H groups in total. The van der Waals surface area contributed by atoms with Gasteiger partial charge in [0.05, 0.1) is 13.0 Å². The Kier molecular flexibility index (Phi) is 5.83. The van der Waals surface area contributed by atoms with Crippen LogP contribution in [0.1, 0.15) is 30.4 Å². The van der Waals surface area contributed by atoms with Gasteiger partial charge in [0.15, 0.2) is 0 Å². The number of hydrogen-bond donors (Lipinski definition) is 4. The van der Waals surface area contributed by atoms with Crippen molar-refractivity contribution in [3.05, 3.63) is 52.5 Å². The number of ether oxygens (including phenoxy) is 1.